The van der Waals surface area contributed by atoms with E-state index in [0.717, 1.165) is 27.8 Å². The van der Waals surface area contributed by atoms with Crippen LogP contribution in [0, 0.1) is 6.92 Å². The lowest BCUT2D eigenvalue weighted by atomic mass is 9.84. The Kier molecular flexibility index (Phi) is 5.12. The molecule has 0 bridgehead atoms. The summed E-state index contributed by atoms with van der Waals surface area (Å²) in [5.74, 6) is 0.899. The van der Waals surface area contributed by atoms with Gasteiger partial charge in [-0.3, -0.25) is 0 Å². The lowest BCUT2D eigenvalue weighted by Gasteiger charge is -2.27. The Hall–Kier alpha value is -5.56. The van der Waals surface area contributed by atoms with Gasteiger partial charge in [-0.25, -0.2) is 19.3 Å². The summed E-state index contributed by atoms with van der Waals surface area (Å²) in [6.07, 6.45) is 1.60. The fraction of sp³-hybridized carbons (Fsp3) is 0.0588. The average molecular weight is 535 g/mol. The monoisotopic (exact) mass is 534 g/mol. The highest BCUT2D eigenvalue weighted by Gasteiger charge is 2.37. The molecule has 1 aliphatic rings. The van der Waals surface area contributed by atoms with E-state index < -0.39 is 11.5 Å². The van der Waals surface area contributed by atoms with E-state index in [1.165, 1.54) is 0 Å². The van der Waals surface area contributed by atoms with E-state index in [2.05, 4.69) is 29.2 Å². The quantitative estimate of drug-likeness (QED) is 0.224. The number of hydrogen-bond donors (Lipinski definition) is 0. The molecule has 0 spiro atoms. The van der Waals surface area contributed by atoms with Crippen LogP contribution in [-0.2, 0) is 0 Å². The molecule has 3 aromatic heterocycles. The first-order valence-corrected chi connectivity index (χ1v) is 13.4. The molecular weight excluding hydrogens is 512 g/mol. The number of fused-ring (bicyclic) bond motifs is 6. The first-order valence-electron chi connectivity index (χ1n) is 13.4. The Balaban J connectivity index is 1.33. The van der Waals surface area contributed by atoms with Crippen LogP contribution in [0.1, 0.15) is 28.2 Å². The maximum absolute atomic E-state index is 13.5. The summed E-state index contributed by atoms with van der Waals surface area (Å²) in [6.45, 7) is 2.03. The van der Waals surface area contributed by atoms with E-state index in [1.54, 1.807) is 16.9 Å². The van der Waals surface area contributed by atoms with Gasteiger partial charge in [0, 0.05) is 5.56 Å². The topological polar surface area (TPSA) is 82.5 Å². The number of para-hydroxylation sites is 1. The highest BCUT2D eigenvalue weighted by molar-refractivity contribution is 5.87. The number of hydrogen-bond acceptors (Lipinski definition) is 6. The van der Waals surface area contributed by atoms with Crippen molar-refractivity contribution in [3.05, 3.63) is 142 Å². The fourth-order valence-corrected chi connectivity index (χ4v) is 5.59. The lowest BCUT2D eigenvalue weighted by Crippen LogP contribution is -2.22. The van der Waals surface area contributed by atoms with Crippen LogP contribution in [0.25, 0.3) is 39.1 Å². The summed E-state index contributed by atoms with van der Waals surface area (Å²) in [4.78, 5) is 23.1. The van der Waals surface area contributed by atoms with E-state index >= 15 is 0 Å². The number of rotatable bonds is 3. The van der Waals surface area contributed by atoms with Crippen molar-refractivity contribution in [2.75, 3.05) is 0 Å². The normalized spacial score (nSPS) is 14.0. The van der Waals surface area contributed by atoms with Crippen LogP contribution in [0.4, 0.5) is 0 Å². The molecule has 0 amide bonds. The lowest BCUT2D eigenvalue weighted by molar-refractivity contribution is 0.422. The molecule has 4 aromatic carbocycles. The van der Waals surface area contributed by atoms with Crippen molar-refractivity contribution in [2.24, 2.45) is 0 Å². The van der Waals surface area contributed by atoms with Gasteiger partial charge in [0.05, 0.1) is 22.4 Å². The van der Waals surface area contributed by atoms with E-state index in [4.69, 9.17) is 19.2 Å². The second-order valence-electron chi connectivity index (χ2n) is 10.2. The van der Waals surface area contributed by atoms with Gasteiger partial charge in [0.1, 0.15) is 11.9 Å². The molecule has 0 saturated carbocycles. The molecule has 7 heteroatoms. The minimum Gasteiger partial charge on any atom is -0.437 e. The third kappa shape index (κ3) is 3.74. The van der Waals surface area contributed by atoms with E-state index in [9.17, 15) is 4.79 Å². The molecule has 0 N–H and O–H groups in total. The number of aryl methyl sites for hydroxylation is 1. The number of benzene rings is 4. The maximum Gasteiger partial charge on any atom is 0.344 e. The van der Waals surface area contributed by atoms with Gasteiger partial charge in [-0.1, -0.05) is 96.6 Å². The molecule has 0 radical (unpaired) electrons. The van der Waals surface area contributed by atoms with Crippen LogP contribution in [0.3, 0.4) is 0 Å². The minimum absolute atomic E-state index is 0.393. The number of aromatic nitrogens is 4. The van der Waals surface area contributed by atoms with Gasteiger partial charge in [-0.05, 0) is 35.7 Å². The minimum atomic E-state index is -0.510. The maximum atomic E-state index is 13.5. The van der Waals surface area contributed by atoms with Crippen LogP contribution in [0.2, 0.25) is 0 Å². The standard InChI is InChI=1S/C34H22N4O3/c1-20-11-13-23(14-12-20)27-28-30(25-9-5-6-10-26(25)40-34(28)39)41-33-29(27)32-36-31(37-38(32)19-35-33)24-17-15-22(16-18-24)21-7-3-2-4-8-21/h2-19,27H,1H3. The molecule has 4 heterocycles. The molecule has 7 nitrogen and oxygen atoms in total. The number of ether oxygens (including phenoxy) is 1. The van der Waals surface area contributed by atoms with Crippen molar-refractivity contribution >= 4 is 16.6 Å². The van der Waals surface area contributed by atoms with Crippen LogP contribution in [0.5, 0.6) is 11.6 Å². The zero-order valence-corrected chi connectivity index (χ0v) is 22.0. The van der Waals surface area contributed by atoms with Gasteiger partial charge in [0.25, 0.3) is 0 Å². The van der Waals surface area contributed by atoms with Crippen LogP contribution in [-0.4, -0.2) is 19.6 Å². The van der Waals surface area contributed by atoms with E-state index in [0.29, 0.717) is 45.2 Å². The SMILES string of the molecule is Cc1ccc(C2c3c(c4ccccc4oc3=O)Oc3ncn4nc(-c5ccc(-c6ccccc6)cc5)nc4c32)cc1. The van der Waals surface area contributed by atoms with Gasteiger partial charge >= 0.3 is 5.63 Å². The van der Waals surface area contributed by atoms with Crippen molar-refractivity contribution in [2.45, 2.75) is 12.8 Å². The molecule has 41 heavy (non-hydrogen) atoms. The van der Waals surface area contributed by atoms with Crippen LogP contribution >= 0.6 is 0 Å². The Morgan fingerprint density at radius 1 is 0.756 bits per heavy atom. The second kappa shape index (κ2) is 8.99. The first kappa shape index (κ1) is 23.3. The molecule has 7 aromatic rings. The van der Waals surface area contributed by atoms with Crippen molar-refractivity contribution < 1.29 is 9.15 Å². The van der Waals surface area contributed by atoms with E-state index in [1.807, 2.05) is 79.7 Å². The van der Waals surface area contributed by atoms with Crippen molar-refractivity contribution in [1.29, 1.82) is 0 Å². The van der Waals surface area contributed by atoms with Crippen LogP contribution < -0.4 is 10.4 Å². The Labute approximate surface area is 234 Å². The number of nitrogens with zero attached hydrogens (tertiary/aromatic N) is 4. The highest BCUT2D eigenvalue weighted by Crippen LogP contribution is 2.48. The predicted molar refractivity (Wildman–Crippen MR) is 156 cm³/mol. The first-order chi connectivity index (χ1) is 20.1. The van der Waals surface area contributed by atoms with E-state index in [-0.39, 0.29) is 0 Å². The molecular formula is C34H22N4O3. The molecule has 1 aliphatic heterocycles. The Bertz CT molecular complexity index is 2150. The molecule has 0 aliphatic carbocycles. The van der Waals surface area contributed by atoms with Gasteiger partial charge < -0.3 is 9.15 Å². The summed E-state index contributed by atoms with van der Waals surface area (Å²) in [6, 6.07) is 33.9. The zero-order chi connectivity index (χ0) is 27.5. The van der Waals surface area contributed by atoms with Crippen molar-refractivity contribution in [3.8, 4) is 34.1 Å². The Morgan fingerprint density at radius 2 is 1.46 bits per heavy atom. The van der Waals surface area contributed by atoms with Crippen molar-refractivity contribution in [1.82, 2.24) is 19.6 Å². The fourth-order valence-electron chi connectivity index (χ4n) is 5.59. The molecule has 1 atom stereocenters. The summed E-state index contributed by atoms with van der Waals surface area (Å²) in [5, 5.41) is 5.46. The summed E-state index contributed by atoms with van der Waals surface area (Å²) >= 11 is 0. The molecule has 1 unspecified atom stereocenters. The van der Waals surface area contributed by atoms with Gasteiger partial charge in [0.15, 0.2) is 17.2 Å². The molecule has 0 fully saturated rings. The third-order valence-corrected chi connectivity index (χ3v) is 7.62. The smallest absolute Gasteiger partial charge is 0.344 e. The molecule has 8 rings (SSSR count). The summed E-state index contributed by atoms with van der Waals surface area (Å²) in [7, 11) is 0. The predicted octanol–water partition coefficient (Wildman–Crippen LogP) is 7.16. The zero-order valence-electron chi connectivity index (χ0n) is 22.0. The molecule has 196 valence electrons. The summed E-state index contributed by atoms with van der Waals surface area (Å²) in [5.41, 5.74) is 6.84. The highest BCUT2D eigenvalue weighted by atomic mass is 16.5. The second-order valence-corrected chi connectivity index (χ2v) is 10.2. The van der Waals surface area contributed by atoms with Gasteiger partial charge in [-0.15, -0.1) is 5.10 Å². The third-order valence-electron chi connectivity index (χ3n) is 7.62. The average Bonchev–Trinajstić information content (AvgIpc) is 3.46. The largest absolute Gasteiger partial charge is 0.437 e. The summed E-state index contributed by atoms with van der Waals surface area (Å²) < 4.78 is 13.8. The van der Waals surface area contributed by atoms with Gasteiger partial charge in [0.2, 0.25) is 5.88 Å². The molecule has 0 saturated heterocycles. The van der Waals surface area contributed by atoms with Gasteiger partial charge in [-0.2, -0.15) is 0 Å². The Morgan fingerprint density at radius 3 is 2.27 bits per heavy atom. The van der Waals surface area contributed by atoms with Crippen molar-refractivity contribution in [3.63, 3.8) is 0 Å². The van der Waals surface area contributed by atoms with Crippen LogP contribution in [0.15, 0.2) is 119 Å².